The molecule has 2 fully saturated rings. The number of hydrogen-bond acceptors (Lipinski definition) is 3. The molecule has 2 N–H and O–H groups in total. The summed E-state index contributed by atoms with van der Waals surface area (Å²) in [6.07, 6.45) is 1.28. The molecule has 4 nitrogen and oxygen atoms in total. The number of rotatable bonds is 2. The Hall–Kier alpha value is -1.96. The standard InChI is InChI=1S/C18H17F3N2O2S/c19-18(20,21)11-3-4-14-13(7-11)23-17(25)15(26-14)8-16(24)22-12-6-9-1-2-10(12)5-9/h3-4,7-10,12H,1-2,5-6H2,(H,22,24)(H,23,25)/b15-8+. The van der Waals surface area contributed by atoms with Crippen molar-refractivity contribution in [3.63, 3.8) is 0 Å². The number of benzene rings is 1. The Kier molecular flexibility index (Phi) is 4.25. The summed E-state index contributed by atoms with van der Waals surface area (Å²) in [5.74, 6) is 0.331. The van der Waals surface area contributed by atoms with Gasteiger partial charge in [-0.3, -0.25) is 9.59 Å². The van der Waals surface area contributed by atoms with E-state index in [0.29, 0.717) is 16.7 Å². The van der Waals surface area contributed by atoms with E-state index in [0.717, 1.165) is 43.2 Å². The highest BCUT2D eigenvalue weighted by molar-refractivity contribution is 8.04. The lowest BCUT2D eigenvalue weighted by atomic mass is 9.95. The summed E-state index contributed by atoms with van der Waals surface area (Å²) in [5.41, 5.74) is -0.709. The van der Waals surface area contributed by atoms with Crippen molar-refractivity contribution in [2.45, 2.75) is 42.8 Å². The van der Waals surface area contributed by atoms with Gasteiger partial charge in [0.25, 0.3) is 5.91 Å². The summed E-state index contributed by atoms with van der Waals surface area (Å²) in [6.45, 7) is 0. The Morgan fingerprint density at radius 2 is 2.08 bits per heavy atom. The minimum absolute atomic E-state index is 0.112. The number of hydrogen-bond donors (Lipinski definition) is 2. The quantitative estimate of drug-likeness (QED) is 0.762. The van der Waals surface area contributed by atoms with Crippen molar-refractivity contribution in [2.75, 3.05) is 5.32 Å². The maximum Gasteiger partial charge on any atom is 0.416 e. The molecule has 1 aliphatic heterocycles. The minimum atomic E-state index is -4.47. The second kappa shape index (κ2) is 6.33. The van der Waals surface area contributed by atoms with Gasteiger partial charge < -0.3 is 10.6 Å². The van der Waals surface area contributed by atoms with E-state index in [9.17, 15) is 22.8 Å². The maximum atomic E-state index is 12.8. The summed E-state index contributed by atoms with van der Waals surface area (Å²) >= 11 is 1.01. The lowest BCUT2D eigenvalue weighted by molar-refractivity contribution is -0.137. The van der Waals surface area contributed by atoms with E-state index in [1.165, 1.54) is 18.6 Å². The molecule has 2 aliphatic carbocycles. The van der Waals surface area contributed by atoms with Gasteiger partial charge in [0, 0.05) is 17.0 Å². The maximum absolute atomic E-state index is 12.8. The first-order chi connectivity index (χ1) is 12.3. The Labute approximate surface area is 152 Å². The first-order valence-corrected chi connectivity index (χ1v) is 9.34. The van der Waals surface area contributed by atoms with Gasteiger partial charge in [-0.25, -0.2) is 0 Å². The number of fused-ring (bicyclic) bond motifs is 3. The van der Waals surface area contributed by atoms with Crippen molar-refractivity contribution >= 4 is 29.3 Å². The second-order valence-corrected chi connectivity index (χ2v) is 8.15. The van der Waals surface area contributed by atoms with Crippen LogP contribution in [0, 0.1) is 11.8 Å². The van der Waals surface area contributed by atoms with Crippen LogP contribution in [0.3, 0.4) is 0 Å². The number of thioether (sulfide) groups is 1. The van der Waals surface area contributed by atoms with Gasteiger partial charge in [-0.1, -0.05) is 18.2 Å². The predicted molar refractivity (Wildman–Crippen MR) is 91.4 cm³/mol. The number of carbonyl (C=O) groups is 2. The number of alkyl halides is 3. The zero-order valence-corrected chi connectivity index (χ0v) is 14.5. The van der Waals surface area contributed by atoms with Gasteiger partial charge in [0.2, 0.25) is 5.91 Å². The zero-order valence-electron chi connectivity index (χ0n) is 13.7. The minimum Gasteiger partial charge on any atom is -0.349 e. The van der Waals surface area contributed by atoms with Gasteiger partial charge in [0.15, 0.2) is 0 Å². The monoisotopic (exact) mass is 382 g/mol. The molecule has 0 spiro atoms. The first kappa shape index (κ1) is 17.5. The van der Waals surface area contributed by atoms with E-state index in [1.807, 2.05) is 0 Å². The lowest BCUT2D eigenvalue weighted by Crippen LogP contribution is -2.38. The molecule has 26 heavy (non-hydrogen) atoms. The number of nitrogens with one attached hydrogen (secondary N) is 2. The molecule has 3 unspecified atom stereocenters. The van der Waals surface area contributed by atoms with Crippen LogP contribution in [0.2, 0.25) is 0 Å². The molecular weight excluding hydrogens is 365 g/mol. The van der Waals surface area contributed by atoms with Crippen molar-refractivity contribution in [3.8, 4) is 0 Å². The van der Waals surface area contributed by atoms with Crippen molar-refractivity contribution < 1.29 is 22.8 Å². The van der Waals surface area contributed by atoms with Crippen molar-refractivity contribution in [3.05, 3.63) is 34.7 Å². The molecule has 0 aromatic heterocycles. The number of carbonyl (C=O) groups excluding carboxylic acids is 2. The summed E-state index contributed by atoms with van der Waals surface area (Å²) in [5, 5.41) is 5.41. The smallest absolute Gasteiger partial charge is 0.349 e. The molecule has 4 rings (SSSR count). The zero-order chi connectivity index (χ0) is 18.5. The van der Waals surface area contributed by atoms with Crippen LogP contribution >= 0.6 is 11.8 Å². The molecule has 2 bridgehead atoms. The van der Waals surface area contributed by atoms with Gasteiger partial charge in [-0.2, -0.15) is 13.2 Å². The summed E-state index contributed by atoms with van der Waals surface area (Å²) in [4.78, 5) is 25.1. The Balaban J connectivity index is 1.47. The highest BCUT2D eigenvalue weighted by Crippen LogP contribution is 2.45. The van der Waals surface area contributed by atoms with Crippen LogP contribution in [-0.4, -0.2) is 17.9 Å². The molecule has 0 radical (unpaired) electrons. The highest BCUT2D eigenvalue weighted by Gasteiger charge is 2.40. The fourth-order valence-corrected chi connectivity index (χ4v) is 5.00. The van der Waals surface area contributed by atoms with Crippen LogP contribution in [-0.2, 0) is 15.8 Å². The van der Waals surface area contributed by atoms with E-state index < -0.39 is 17.6 Å². The average molecular weight is 382 g/mol. The Bertz CT molecular complexity index is 806. The molecule has 3 atom stereocenters. The molecule has 8 heteroatoms. The van der Waals surface area contributed by atoms with Crippen LogP contribution in [0.1, 0.15) is 31.2 Å². The number of amides is 2. The molecular formula is C18H17F3N2O2S. The van der Waals surface area contributed by atoms with E-state index in [1.54, 1.807) is 0 Å². The average Bonchev–Trinajstić information content (AvgIpc) is 3.17. The molecule has 1 aromatic rings. The third kappa shape index (κ3) is 3.34. The fraction of sp³-hybridized carbons (Fsp3) is 0.444. The van der Waals surface area contributed by atoms with Crippen molar-refractivity contribution in [2.24, 2.45) is 11.8 Å². The summed E-state index contributed by atoms with van der Waals surface area (Å²) in [6, 6.07) is 3.35. The Morgan fingerprint density at radius 1 is 1.27 bits per heavy atom. The topological polar surface area (TPSA) is 58.2 Å². The van der Waals surface area contributed by atoms with E-state index in [2.05, 4.69) is 10.6 Å². The van der Waals surface area contributed by atoms with Gasteiger partial charge in [-0.15, -0.1) is 0 Å². The second-order valence-electron chi connectivity index (χ2n) is 7.06. The molecule has 2 amide bonds. The van der Waals surface area contributed by atoms with E-state index in [4.69, 9.17) is 0 Å². The van der Waals surface area contributed by atoms with Crippen LogP contribution in [0.25, 0.3) is 0 Å². The molecule has 0 saturated heterocycles. The number of halogens is 3. The van der Waals surface area contributed by atoms with Gasteiger partial charge in [0.1, 0.15) is 0 Å². The largest absolute Gasteiger partial charge is 0.416 e. The highest BCUT2D eigenvalue weighted by atomic mass is 32.2. The van der Waals surface area contributed by atoms with Crippen LogP contribution in [0.15, 0.2) is 34.1 Å². The summed E-state index contributed by atoms with van der Waals surface area (Å²) in [7, 11) is 0. The Morgan fingerprint density at radius 3 is 2.73 bits per heavy atom. The van der Waals surface area contributed by atoms with Crippen LogP contribution < -0.4 is 10.6 Å². The summed E-state index contributed by atoms with van der Waals surface area (Å²) < 4.78 is 38.3. The van der Waals surface area contributed by atoms with E-state index in [-0.39, 0.29) is 22.5 Å². The van der Waals surface area contributed by atoms with Crippen LogP contribution in [0.4, 0.5) is 18.9 Å². The van der Waals surface area contributed by atoms with Gasteiger partial charge >= 0.3 is 6.18 Å². The van der Waals surface area contributed by atoms with Crippen molar-refractivity contribution in [1.29, 1.82) is 0 Å². The lowest BCUT2D eigenvalue weighted by Gasteiger charge is -2.23. The van der Waals surface area contributed by atoms with Crippen LogP contribution in [0.5, 0.6) is 0 Å². The molecule has 1 aromatic carbocycles. The first-order valence-electron chi connectivity index (χ1n) is 8.52. The third-order valence-corrected chi connectivity index (χ3v) is 6.43. The van der Waals surface area contributed by atoms with Crippen molar-refractivity contribution in [1.82, 2.24) is 5.32 Å². The fourth-order valence-electron chi connectivity index (χ4n) is 4.10. The molecule has 3 aliphatic rings. The van der Waals surface area contributed by atoms with Gasteiger partial charge in [0.05, 0.1) is 16.2 Å². The normalized spacial score (nSPS) is 28.8. The third-order valence-electron chi connectivity index (χ3n) is 5.33. The molecule has 138 valence electrons. The number of anilines is 1. The molecule has 1 heterocycles. The predicted octanol–water partition coefficient (Wildman–Crippen LogP) is 3.94. The molecule has 2 saturated carbocycles. The SMILES string of the molecule is O=C(/C=C1/Sc2ccc(C(F)(F)F)cc2NC1=O)NC1CC2CCC1C2. The van der Waals surface area contributed by atoms with Gasteiger partial charge in [-0.05, 0) is 49.3 Å². The van der Waals surface area contributed by atoms with E-state index >= 15 is 0 Å².